The zero-order valence-corrected chi connectivity index (χ0v) is 18.8. The molecule has 4 aliphatic rings. The van der Waals surface area contributed by atoms with Gasteiger partial charge in [0.15, 0.2) is 0 Å². The molecule has 1 heterocycles. The highest BCUT2D eigenvalue weighted by Gasteiger charge is 2.62. The van der Waals surface area contributed by atoms with E-state index in [0.717, 1.165) is 33.3 Å². The zero-order chi connectivity index (χ0) is 24.0. The van der Waals surface area contributed by atoms with Crippen LogP contribution in [0.15, 0.2) is 60.3 Å². The summed E-state index contributed by atoms with van der Waals surface area (Å²) in [5.74, 6) is -4.28. The highest BCUT2D eigenvalue weighted by atomic mass is 16.5. The molecule has 0 radical (unpaired) electrons. The second-order valence-corrected chi connectivity index (χ2v) is 8.42. The van der Waals surface area contributed by atoms with Crippen molar-refractivity contribution in [2.75, 3.05) is 13.2 Å². The number of carbonyl (C=O) groups is 4. The van der Waals surface area contributed by atoms with Crippen LogP contribution in [0.25, 0.3) is 0 Å². The molecule has 34 heavy (non-hydrogen) atoms. The van der Waals surface area contributed by atoms with Gasteiger partial charge in [0, 0.05) is 11.8 Å². The lowest BCUT2D eigenvalue weighted by Crippen LogP contribution is -2.45. The Morgan fingerprint density at radius 3 is 1.68 bits per heavy atom. The first kappa shape index (κ1) is 21.9. The van der Waals surface area contributed by atoms with E-state index in [0.29, 0.717) is 0 Å². The third-order valence-electron chi connectivity index (χ3n) is 6.72. The van der Waals surface area contributed by atoms with Crippen molar-refractivity contribution in [2.45, 2.75) is 25.7 Å². The van der Waals surface area contributed by atoms with Crippen molar-refractivity contribution >= 4 is 23.8 Å². The van der Waals surface area contributed by atoms with Crippen molar-refractivity contribution in [1.29, 1.82) is 0 Å². The van der Waals surface area contributed by atoms with Crippen LogP contribution in [0.2, 0.25) is 0 Å². The first-order chi connectivity index (χ1) is 16.5. The summed E-state index contributed by atoms with van der Waals surface area (Å²) in [6.45, 7) is 3.42. The Kier molecular flexibility index (Phi) is 5.43. The van der Waals surface area contributed by atoms with E-state index >= 15 is 0 Å². The number of nitrogens with one attached hydrogen (secondary N) is 1. The van der Waals surface area contributed by atoms with Crippen LogP contribution in [-0.2, 0) is 28.7 Å². The van der Waals surface area contributed by atoms with Crippen LogP contribution >= 0.6 is 0 Å². The van der Waals surface area contributed by atoms with Crippen molar-refractivity contribution in [1.82, 2.24) is 10.4 Å². The third kappa shape index (κ3) is 3.21. The lowest BCUT2D eigenvalue weighted by molar-refractivity contribution is -0.146. The summed E-state index contributed by atoms with van der Waals surface area (Å²) >= 11 is 0. The Labute approximate surface area is 196 Å². The normalized spacial score (nSPS) is 24.3. The first-order valence-corrected chi connectivity index (χ1v) is 11.4. The molecule has 2 bridgehead atoms. The second kappa shape index (κ2) is 8.44. The number of hydrazine groups is 1. The van der Waals surface area contributed by atoms with Crippen LogP contribution in [0.3, 0.4) is 0 Å². The van der Waals surface area contributed by atoms with Gasteiger partial charge in [-0.3, -0.25) is 15.0 Å². The Morgan fingerprint density at radius 1 is 0.824 bits per heavy atom. The molecule has 3 aliphatic carbocycles. The number of ether oxygens (including phenoxy) is 2. The second-order valence-electron chi connectivity index (χ2n) is 8.42. The molecule has 8 heteroatoms. The number of esters is 2. The summed E-state index contributed by atoms with van der Waals surface area (Å²) in [5.41, 5.74) is 6.44. The Morgan fingerprint density at radius 2 is 1.26 bits per heavy atom. The molecule has 1 N–H and O–H groups in total. The average Bonchev–Trinajstić information content (AvgIpc) is 3.09. The van der Waals surface area contributed by atoms with E-state index in [2.05, 4.69) is 5.43 Å². The fraction of sp³-hybridized carbons (Fsp3) is 0.308. The van der Waals surface area contributed by atoms with Crippen molar-refractivity contribution in [2.24, 2.45) is 11.8 Å². The molecular weight excluding hydrogens is 436 g/mol. The molecule has 1 fully saturated rings. The molecule has 6 rings (SSSR count). The van der Waals surface area contributed by atoms with Crippen LogP contribution in [0, 0.1) is 11.8 Å². The highest BCUT2D eigenvalue weighted by Crippen LogP contribution is 2.60. The molecule has 2 aromatic rings. The number of benzene rings is 2. The van der Waals surface area contributed by atoms with E-state index in [-0.39, 0.29) is 30.7 Å². The molecule has 8 nitrogen and oxygen atoms in total. The minimum absolute atomic E-state index is 0.0581. The van der Waals surface area contributed by atoms with Gasteiger partial charge in [-0.15, -0.1) is 0 Å². The number of carbonyl (C=O) groups excluding carboxylic acids is 4. The number of nitrogens with zero attached hydrogens (tertiary/aromatic N) is 1. The van der Waals surface area contributed by atoms with Crippen molar-refractivity contribution in [3.63, 3.8) is 0 Å². The van der Waals surface area contributed by atoms with Crippen LogP contribution in [0.4, 0.5) is 0 Å². The Balaban J connectivity index is 1.54. The fourth-order valence-corrected chi connectivity index (χ4v) is 5.56. The molecule has 2 unspecified atom stereocenters. The summed E-state index contributed by atoms with van der Waals surface area (Å²) in [4.78, 5) is 51.8. The Hall–Kier alpha value is -3.94. The van der Waals surface area contributed by atoms with Gasteiger partial charge < -0.3 is 9.47 Å². The predicted octanol–water partition coefficient (Wildman–Crippen LogP) is 2.39. The number of amides is 2. The van der Waals surface area contributed by atoms with Crippen molar-refractivity contribution in [3.05, 3.63) is 82.6 Å². The van der Waals surface area contributed by atoms with Crippen molar-refractivity contribution in [3.8, 4) is 0 Å². The summed E-state index contributed by atoms with van der Waals surface area (Å²) in [6, 6.07) is 15.8. The van der Waals surface area contributed by atoms with Gasteiger partial charge in [0.1, 0.15) is 5.70 Å². The first-order valence-electron chi connectivity index (χ1n) is 11.4. The Bertz CT molecular complexity index is 1120. The maximum absolute atomic E-state index is 13.6. The van der Waals surface area contributed by atoms with Gasteiger partial charge in [-0.05, 0) is 36.1 Å². The quantitative estimate of drug-likeness (QED) is 0.401. The van der Waals surface area contributed by atoms with Gasteiger partial charge in [0.25, 0.3) is 11.8 Å². The number of hydrogen-bond acceptors (Lipinski definition) is 7. The summed E-state index contributed by atoms with van der Waals surface area (Å²) in [5, 5.41) is 0.870. The van der Waals surface area contributed by atoms with Gasteiger partial charge in [-0.1, -0.05) is 48.5 Å². The molecule has 0 aromatic heterocycles. The summed E-state index contributed by atoms with van der Waals surface area (Å²) in [6.07, 6.45) is 0.905. The zero-order valence-electron chi connectivity index (χ0n) is 18.8. The van der Waals surface area contributed by atoms with E-state index in [1.165, 1.54) is 0 Å². The smallest absolute Gasteiger partial charge is 0.356 e. The summed E-state index contributed by atoms with van der Waals surface area (Å²) in [7, 11) is 0. The average molecular weight is 460 g/mol. The predicted molar refractivity (Wildman–Crippen MR) is 120 cm³/mol. The molecule has 1 saturated heterocycles. The molecular formula is C26H24N2O6. The topological polar surface area (TPSA) is 102 Å². The molecule has 2 amide bonds. The molecule has 174 valence electrons. The van der Waals surface area contributed by atoms with E-state index in [1.807, 2.05) is 48.5 Å². The monoisotopic (exact) mass is 460 g/mol. The number of imide groups is 1. The van der Waals surface area contributed by atoms with Gasteiger partial charge in [0.05, 0.1) is 31.1 Å². The van der Waals surface area contributed by atoms with E-state index in [4.69, 9.17) is 9.47 Å². The largest absolute Gasteiger partial charge is 0.463 e. The van der Waals surface area contributed by atoms with Gasteiger partial charge >= 0.3 is 11.9 Å². The highest BCUT2D eigenvalue weighted by molar-refractivity contribution is 6.08. The van der Waals surface area contributed by atoms with Gasteiger partial charge in [0.2, 0.25) is 0 Å². The van der Waals surface area contributed by atoms with Crippen LogP contribution in [-0.4, -0.2) is 42.0 Å². The minimum atomic E-state index is -0.861. The van der Waals surface area contributed by atoms with Crippen LogP contribution in [0.5, 0.6) is 0 Å². The van der Waals surface area contributed by atoms with Crippen LogP contribution < -0.4 is 5.43 Å². The standard InChI is InChI=1S/C26H24N2O6/c1-3-33-19(29)13-18(26(32)34-4-2)27-28-24(30)22-20-14-9-5-6-10-15(14)21(23(22)25(28)31)17-12-8-7-11-16(17)20/h5-13,20-23,27H,3-4H2,1-2H3/b18-13+. The maximum atomic E-state index is 13.6. The lowest BCUT2D eigenvalue weighted by Gasteiger charge is -2.45. The molecule has 0 spiro atoms. The third-order valence-corrected chi connectivity index (χ3v) is 6.72. The SMILES string of the molecule is CCOC(=O)/C=C(/NN1C(=O)C2C3c4ccccc4C(c4ccccc43)C2C1=O)C(=O)OCC. The molecule has 0 saturated carbocycles. The fourth-order valence-electron chi connectivity index (χ4n) is 5.56. The molecule has 1 aliphatic heterocycles. The maximum Gasteiger partial charge on any atom is 0.356 e. The summed E-state index contributed by atoms with van der Waals surface area (Å²) < 4.78 is 9.90. The lowest BCUT2D eigenvalue weighted by atomic mass is 9.55. The van der Waals surface area contributed by atoms with E-state index in [9.17, 15) is 19.2 Å². The van der Waals surface area contributed by atoms with Gasteiger partial charge in [-0.25, -0.2) is 9.59 Å². The van der Waals surface area contributed by atoms with Crippen molar-refractivity contribution < 1.29 is 28.7 Å². The number of hydrogen-bond donors (Lipinski definition) is 1. The van der Waals surface area contributed by atoms with E-state index in [1.54, 1.807) is 13.8 Å². The van der Waals surface area contributed by atoms with Gasteiger partial charge in [-0.2, -0.15) is 5.01 Å². The van der Waals surface area contributed by atoms with E-state index < -0.39 is 35.6 Å². The molecule has 2 aromatic carbocycles. The van der Waals surface area contributed by atoms with Crippen LogP contribution in [0.1, 0.15) is 47.9 Å². The number of rotatable bonds is 6. The molecule has 2 atom stereocenters. The minimum Gasteiger partial charge on any atom is -0.463 e.